The Morgan fingerprint density at radius 3 is 2.42 bits per heavy atom. The summed E-state index contributed by atoms with van der Waals surface area (Å²) in [6, 6.07) is 16.5. The molecule has 31 heavy (non-hydrogen) atoms. The lowest BCUT2D eigenvalue weighted by Crippen LogP contribution is -2.15. The fourth-order valence-electron chi connectivity index (χ4n) is 3.17. The van der Waals surface area contributed by atoms with E-state index in [1.54, 1.807) is 35.9 Å². The highest BCUT2D eigenvalue weighted by Crippen LogP contribution is 2.32. The van der Waals surface area contributed by atoms with E-state index in [1.807, 2.05) is 30.3 Å². The molecule has 2 heterocycles. The zero-order valence-corrected chi connectivity index (χ0v) is 17.4. The summed E-state index contributed by atoms with van der Waals surface area (Å²) in [5, 5.41) is 2.54. The lowest BCUT2D eigenvalue weighted by molar-refractivity contribution is 0.101. The van der Waals surface area contributed by atoms with Gasteiger partial charge in [0.2, 0.25) is 0 Å². The van der Waals surface area contributed by atoms with Crippen molar-refractivity contribution < 1.29 is 13.6 Å². The van der Waals surface area contributed by atoms with Crippen LogP contribution in [0.5, 0.6) is 0 Å². The molecule has 1 N–H and O–H groups in total. The summed E-state index contributed by atoms with van der Waals surface area (Å²) in [5.41, 5.74) is 2.98. The number of halogens is 2. The number of hydrogen-bond acceptors (Lipinski definition) is 3. The number of carbonyl (C=O) groups is 1. The Balaban J connectivity index is 1.50. The molecule has 1 amide bonds. The summed E-state index contributed by atoms with van der Waals surface area (Å²) >= 11 is 1.68. The monoisotopic (exact) mass is 432 g/mol. The molecule has 2 aromatic heterocycles. The first-order valence-electron chi connectivity index (χ1n) is 9.55. The molecule has 3 nitrogen and oxygen atoms in total. The minimum absolute atomic E-state index is 0.459. The van der Waals surface area contributed by atoms with Gasteiger partial charge >= 0.3 is 0 Å². The third kappa shape index (κ3) is 4.75. The van der Waals surface area contributed by atoms with Gasteiger partial charge in [0.25, 0.3) is 5.91 Å². The van der Waals surface area contributed by atoms with Crippen LogP contribution in [-0.2, 0) is 0 Å². The van der Waals surface area contributed by atoms with E-state index in [2.05, 4.69) is 29.4 Å². The molecule has 0 spiro atoms. The van der Waals surface area contributed by atoms with Gasteiger partial charge in [-0.1, -0.05) is 30.3 Å². The zero-order chi connectivity index (χ0) is 21.8. The number of pyridine rings is 1. The first-order valence-corrected chi connectivity index (χ1v) is 10.4. The van der Waals surface area contributed by atoms with Crippen molar-refractivity contribution >= 4 is 35.1 Å². The summed E-state index contributed by atoms with van der Waals surface area (Å²) in [7, 11) is 0. The van der Waals surface area contributed by atoms with Gasteiger partial charge in [-0.25, -0.2) is 8.78 Å². The van der Waals surface area contributed by atoms with E-state index in [1.165, 1.54) is 6.07 Å². The predicted octanol–water partition coefficient (Wildman–Crippen LogP) is 6.82. The first kappa shape index (κ1) is 20.6. The van der Waals surface area contributed by atoms with Crippen LogP contribution in [0.3, 0.4) is 0 Å². The number of aryl methyl sites for hydroxylation is 1. The van der Waals surface area contributed by atoms with Crippen molar-refractivity contribution in [1.29, 1.82) is 0 Å². The van der Waals surface area contributed by atoms with Gasteiger partial charge in [0, 0.05) is 27.8 Å². The van der Waals surface area contributed by atoms with Crippen molar-refractivity contribution in [2.45, 2.75) is 6.92 Å². The average Bonchev–Trinajstić information content (AvgIpc) is 3.14. The Kier molecular flexibility index (Phi) is 6.00. The first-order chi connectivity index (χ1) is 15.0. The maximum Gasteiger partial charge on any atom is 0.261 e. The minimum Gasteiger partial charge on any atom is -0.322 e. The van der Waals surface area contributed by atoms with Gasteiger partial charge in [0.05, 0.1) is 0 Å². The fraction of sp³-hybridized carbons (Fsp3) is 0.0400. The molecule has 0 saturated heterocycles. The molecule has 0 unspecified atom stereocenters. The van der Waals surface area contributed by atoms with E-state index in [-0.39, 0.29) is 0 Å². The van der Waals surface area contributed by atoms with Crippen LogP contribution < -0.4 is 5.32 Å². The van der Waals surface area contributed by atoms with Crippen molar-refractivity contribution in [2.24, 2.45) is 0 Å². The number of nitrogens with zero attached hydrogens (tertiary/aromatic N) is 1. The highest BCUT2D eigenvalue weighted by atomic mass is 32.1. The molecule has 0 aliphatic heterocycles. The largest absolute Gasteiger partial charge is 0.322 e. The van der Waals surface area contributed by atoms with Crippen LogP contribution in [0.4, 0.5) is 14.5 Å². The van der Waals surface area contributed by atoms with Gasteiger partial charge in [-0.2, -0.15) is 0 Å². The number of rotatable bonds is 5. The van der Waals surface area contributed by atoms with Crippen LogP contribution in [-0.4, -0.2) is 10.9 Å². The molecule has 0 radical (unpaired) electrons. The molecule has 2 aromatic carbocycles. The molecule has 0 fully saturated rings. The summed E-state index contributed by atoms with van der Waals surface area (Å²) in [6.07, 6.45) is 7.61. The number of aromatic nitrogens is 1. The van der Waals surface area contributed by atoms with Gasteiger partial charge in [-0.05, 0) is 66.1 Å². The molecule has 154 valence electrons. The highest BCUT2D eigenvalue weighted by molar-refractivity contribution is 7.13. The molecule has 0 bridgehead atoms. The number of nitrogens with one attached hydrogen (secondary N) is 1. The second-order valence-corrected chi connectivity index (χ2v) is 8.15. The molecule has 0 saturated carbocycles. The Morgan fingerprint density at radius 2 is 1.74 bits per heavy atom. The lowest BCUT2D eigenvalue weighted by atomic mass is 10.1. The van der Waals surface area contributed by atoms with Crippen LogP contribution in [0.1, 0.15) is 25.7 Å². The predicted molar refractivity (Wildman–Crippen MR) is 122 cm³/mol. The molecule has 4 aromatic rings. The number of amides is 1. The SMILES string of the molecule is Cc1sc(/C=C/c2cccnc2)cc1-c1ccc(NC(=O)c2c(F)cccc2F)cc1. The number of carbonyl (C=O) groups excluding carboxylic acids is 1. The van der Waals surface area contributed by atoms with E-state index < -0.39 is 23.1 Å². The van der Waals surface area contributed by atoms with Crippen molar-refractivity contribution in [1.82, 2.24) is 4.98 Å². The third-order valence-electron chi connectivity index (χ3n) is 4.70. The Morgan fingerprint density at radius 1 is 1.00 bits per heavy atom. The number of hydrogen-bond donors (Lipinski definition) is 1. The van der Waals surface area contributed by atoms with Crippen molar-refractivity contribution in [3.8, 4) is 11.1 Å². The average molecular weight is 432 g/mol. The van der Waals surface area contributed by atoms with Crippen LogP contribution >= 0.6 is 11.3 Å². The topological polar surface area (TPSA) is 42.0 Å². The van der Waals surface area contributed by atoms with Crippen molar-refractivity contribution in [2.75, 3.05) is 5.32 Å². The molecule has 0 aliphatic carbocycles. The van der Waals surface area contributed by atoms with Crippen LogP contribution in [0.25, 0.3) is 23.3 Å². The Hall–Kier alpha value is -3.64. The quantitative estimate of drug-likeness (QED) is 0.376. The normalized spacial score (nSPS) is 11.1. The highest BCUT2D eigenvalue weighted by Gasteiger charge is 2.17. The summed E-state index contributed by atoms with van der Waals surface area (Å²) < 4.78 is 27.6. The van der Waals surface area contributed by atoms with E-state index in [4.69, 9.17) is 0 Å². The van der Waals surface area contributed by atoms with Crippen LogP contribution in [0.2, 0.25) is 0 Å². The van der Waals surface area contributed by atoms with E-state index in [0.717, 1.165) is 38.6 Å². The third-order valence-corrected chi connectivity index (χ3v) is 5.72. The maximum absolute atomic E-state index is 13.8. The van der Waals surface area contributed by atoms with Crippen LogP contribution in [0.15, 0.2) is 73.1 Å². The van der Waals surface area contributed by atoms with Crippen molar-refractivity contribution in [3.63, 3.8) is 0 Å². The minimum atomic E-state index is -0.894. The smallest absolute Gasteiger partial charge is 0.261 e. The molecular weight excluding hydrogens is 414 g/mol. The molecule has 6 heteroatoms. The Bertz CT molecular complexity index is 1230. The number of anilines is 1. The second-order valence-electron chi connectivity index (χ2n) is 6.87. The molecular formula is C25H18F2N2OS. The standard InChI is InChI=1S/C25H18F2N2OS/c1-16-21(14-20(31-16)12-7-17-4-3-13-28-15-17)18-8-10-19(11-9-18)29-25(30)24-22(26)5-2-6-23(24)27/h2-15H,1H3,(H,29,30)/b12-7+. The molecule has 0 atom stereocenters. The summed E-state index contributed by atoms with van der Waals surface area (Å²) in [4.78, 5) is 18.6. The molecule has 4 rings (SSSR count). The van der Waals surface area contributed by atoms with E-state index in [9.17, 15) is 13.6 Å². The van der Waals surface area contributed by atoms with Crippen LogP contribution in [0, 0.1) is 18.6 Å². The Labute approximate surface area is 182 Å². The van der Waals surface area contributed by atoms with Gasteiger partial charge in [0.15, 0.2) is 0 Å². The number of thiophene rings is 1. The summed E-state index contributed by atoms with van der Waals surface area (Å²) in [5.74, 6) is -2.61. The van der Waals surface area contributed by atoms with Gasteiger partial charge < -0.3 is 5.32 Å². The van der Waals surface area contributed by atoms with Gasteiger partial charge in [-0.15, -0.1) is 11.3 Å². The molecule has 0 aliphatic rings. The van der Waals surface area contributed by atoms with Crippen molar-refractivity contribution in [3.05, 3.63) is 106 Å². The van der Waals surface area contributed by atoms with Gasteiger partial charge in [-0.3, -0.25) is 9.78 Å². The van der Waals surface area contributed by atoms with E-state index in [0.29, 0.717) is 5.69 Å². The zero-order valence-electron chi connectivity index (χ0n) is 16.6. The summed E-state index contributed by atoms with van der Waals surface area (Å²) in [6.45, 7) is 2.05. The number of benzene rings is 2. The van der Waals surface area contributed by atoms with Gasteiger partial charge in [0.1, 0.15) is 17.2 Å². The van der Waals surface area contributed by atoms with E-state index >= 15 is 0 Å². The second kappa shape index (κ2) is 9.02. The lowest BCUT2D eigenvalue weighted by Gasteiger charge is -2.08. The fourth-order valence-corrected chi connectivity index (χ4v) is 4.12. The maximum atomic E-state index is 13.8.